The van der Waals surface area contributed by atoms with E-state index in [-0.39, 0.29) is 18.0 Å². The Hall–Kier alpha value is -5.41. The number of nitrogens with one attached hydrogen (secondary N) is 2. The molecule has 0 radical (unpaired) electrons. The van der Waals surface area contributed by atoms with Crippen molar-refractivity contribution in [2.75, 3.05) is 86.0 Å². The van der Waals surface area contributed by atoms with E-state index in [1.165, 1.54) is 12.4 Å². The molecule has 6 rings (SSSR count). The van der Waals surface area contributed by atoms with E-state index in [4.69, 9.17) is 21.1 Å². The fraction of sp³-hybridized carbons (Fsp3) is 0.316. The summed E-state index contributed by atoms with van der Waals surface area (Å²) in [5, 5.41) is 6.18. The Morgan fingerprint density at radius 2 is 1.06 bits per heavy atom. The smallest absolute Gasteiger partial charge is 0.339 e. The highest BCUT2D eigenvalue weighted by atomic mass is 79.9. The molecule has 0 aliphatic carbocycles. The van der Waals surface area contributed by atoms with E-state index in [9.17, 15) is 19.2 Å². The van der Waals surface area contributed by atoms with Gasteiger partial charge < -0.3 is 39.7 Å². The van der Waals surface area contributed by atoms with Gasteiger partial charge in [0.2, 0.25) is 0 Å². The Morgan fingerprint density at radius 1 is 0.648 bits per heavy atom. The highest BCUT2D eigenvalue weighted by Gasteiger charge is 2.25. The zero-order valence-electron chi connectivity index (χ0n) is 30.0. The number of anilines is 4. The van der Waals surface area contributed by atoms with Crippen molar-refractivity contribution in [3.63, 3.8) is 0 Å². The molecule has 2 aromatic carbocycles. The van der Waals surface area contributed by atoms with E-state index in [1.807, 2.05) is 65.6 Å². The highest BCUT2D eigenvalue weighted by Crippen LogP contribution is 2.27. The summed E-state index contributed by atoms with van der Waals surface area (Å²) in [4.78, 5) is 64.7. The van der Waals surface area contributed by atoms with Gasteiger partial charge in [-0.1, -0.05) is 48.0 Å². The van der Waals surface area contributed by atoms with Gasteiger partial charge in [0, 0.05) is 76.1 Å². The first kappa shape index (κ1) is 39.8. The molecule has 0 unspecified atom stereocenters. The number of hydrogen-bond acceptors (Lipinski definition) is 10. The molecule has 2 fully saturated rings. The van der Waals surface area contributed by atoms with Crippen LogP contribution in [0, 0.1) is 0 Å². The van der Waals surface area contributed by atoms with E-state index in [0.29, 0.717) is 87.5 Å². The predicted molar refractivity (Wildman–Crippen MR) is 212 cm³/mol. The maximum absolute atomic E-state index is 12.4. The summed E-state index contributed by atoms with van der Waals surface area (Å²) in [6, 6.07) is 21.8. The second-order valence-electron chi connectivity index (χ2n) is 12.0. The Labute approximate surface area is 327 Å². The van der Waals surface area contributed by atoms with Crippen LogP contribution in [0.2, 0.25) is 5.02 Å². The van der Waals surface area contributed by atoms with Crippen molar-refractivity contribution >= 4 is 74.5 Å². The SMILES string of the molecule is CCOC(=O)c1cnc(N2CCN(C(=O)Nc3ccccc3)CC2)c(Br)c1.CCOC(=O)c1cnc(N2CCN(C(=O)Nc3ccccc3)CC2)c(Cl)c1. The van der Waals surface area contributed by atoms with Gasteiger partial charge in [0.1, 0.15) is 11.6 Å². The summed E-state index contributed by atoms with van der Waals surface area (Å²) in [6.07, 6.45) is 2.99. The average molecular weight is 822 g/mol. The Morgan fingerprint density at radius 3 is 1.46 bits per heavy atom. The van der Waals surface area contributed by atoms with Gasteiger partial charge in [-0.3, -0.25) is 0 Å². The molecule has 2 aliphatic rings. The van der Waals surface area contributed by atoms with E-state index in [1.54, 1.807) is 35.8 Å². The molecule has 0 atom stereocenters. The van der Waals surface area contributed by atoms with Crippen molar-refractivity contribution in [2.24, 2.45) is 0 Å². The first-order chi connectivity index (χ1) is 26.2. The second kappa shape index (κ2) is 19.6. The summed E-state index contributed by atoms with van der Waals surface area (Å²) in [5.41, 5.74) is 2.29. The van der Waals surface area contributed by atoms with Gasteiger partial charge in [-0.05, 0) is 66.2 Å². The van der Waals surface area contributed by atoms with Crippen molar-refractivity contribution in [3.05, 3.63) is 106 Å². The Kier molecular flexibility index (Phi) is 14.4. The van der Waals surface area contributed by atoms with Crippen LogP contribution < -0.4 is 20.4 Å². The van der Waals surface area contributed by atoms with Crippen molar-refractivity contribution in [1.29, 1.82) is 0 Å². The summed E-state index contributed by atoms with van der Waals surface area (Å²) < 4.78 is 10.7. The van der Waals surface area contributed by atoms with Crippen LogP contribution in [0.3, 0.4) is 0 Å². The van der Waals surface area contributed by atoms with E-state index < -0.39 is 5.97 Å². The second-order valence-corrected chi connectivity index (χ2v) is 13.3. The van der Waals surface area contributed by atoms with Crippen LogP contribution in [0.15, 0.2) is 89.7 Å². The topological polar surface area (TPSA) is 150 Å². The molecule has 4 aromatic rings. The van der Waals surface area contributed by atoms with Gasteiger partial charge in [-0.15, -0.1) is 0 Å². The summed E-state index contributed by atoms with van der Waals surface area (Å²) >= 11 is 9.79. The molecule has 2 aliphatic heterocycles. The fourth-order valence-corrected chi connectivity index (χ4v) is 6.56. The largest absolute Gasteiger partial charge is 0.462 e. The number of pyridine rings is 2. The number of ether oxygens (including phenoxy) is 2. The van der Waals surface area contributed by atoms with Crippen molar-refractivity contribution in [2.45, 2.75) is 13.8 Å². The summed E-state index contributed by atoms with van der Waals surface area (Å²) in [7, 11) is 0. The minimum atomic E-state index is -0.444. The minimum Gasteiger partial charge on any atom is -0.462 e. The molecule has 0 spiro atoms. The number of carbonyl (C=O) groups excluding carboxylic acids is 4. The lowest BCUT2D eigenvalue weighted by Crippen LogP contribution is -2.50. The first-order valence-electron chi connectivity index (χ1n) is 17.5. The molecule has 2 N–H and O–H groups in total. The maximum atomic E-state index is 12.4. The molecular formula is C38H42BrClN8O6. The number of esters is 2. The lowest BCUT2D eigenvalue weighted by Gasteiger charge is -2.35. The number of hydrogen-bond donors (Lipinski definition) is 2. The number of rotatable bonds is 8. The molecule has 284 valence electrons. The number of para-hydroxylation sites is 2. The lowest BCUT2D eigenvalue weighted by atomic mass is 10.2. The monoisotopic (exact) mass is 820 g/mol. The molecule has 2 saturated heterocycles. The van der Waals surface area contributed by atoms with Crippen molar-refractivity contribution in [1.82, 2.24) is 19.8 Å². The summed E-state index contributed by atoms with van der Waals surface area (Å²) in [5.74, 6) is 0.527. The predicted octanol–water partition coefficient (Wildman–Crippen LogP) is 6.64. The Bertz CT molecular complexity index is 1750. The van der Waals surface area contributed by atoms with Crippen molar-refractivity contribution < 1.29 is 28.7 Å². The molecule has 4 amide bonds. The van der Waals surface area contributed by atoms with E-state index >= 15 is 0 Å². The van der Waals surface area contributed by atoms with Gasteiger partial charge in [0.25, 0.3) is 0 Å². The van der Waals surface area contributed by atoms with Gasteiger partial charge in [0.15, 0.2) is 0 Å². The first-order valence-corrected chi connectivity index (χ1v) is 18.7. The van der Waals surface area contributed by atoms with Gasteiger partial charge in [-0.2, -0.15) is 0 Å². The number of urea groups is 2. The van der Waals surface area contributed by atoms with Crippen LogP contribution in [-0.4, -0.2) is 109 Å². The minimum absolute atomic E-state index is 0.106. The number of amides is 4. The van der Waals surface area contributed by atoms with Crippen LogP contribution in [0.25, 0.3) is 0 Å². The van der Waals surface area contributed by atoms with Crippen LogP contribution in [0.4, 0.5) is 32.6 Å². The lowest BCUT2D eigenvalue weighted by molar-refractivity contribution is 0.0516. The number of nitrogens with zero attached hydrogens (tertiary/aromatic N) is 6. The number of halogens is 2. The zero-order chi connectivity index (χ0) is 38.5. The van der Waals surface area contributed by atoms with E-state index in [0.717, 1.165) is 21.7 Å². The van der Waals surface area contributed by atoms with Crippen LogP contribution in [0.5, 0.6) is 0 Å². The molecular weight excluding hydrogens is 780 g/mol. The number of carbonyl (C=O) groups is 4. The molecule has 2 aromatic heterocycles. The van der Waals surface area contributed by atoms with E-state index in [2.05, 4.69) is 41.4 Å². The third-order valence-corrected chi connectivity index (χ3v) is 9.31. The van der Waals surface area contributed by atoms with Gasteiger partial charge in [-0.25, -0.2) is 29.1 Å². The van der Waals surface area contributed by atoms with Gasteiger partial charge >= 0.3 is 24.0 Å². The third-order valence-electron chi connectivity index (χ3n) is 8.45. The normalized spacial score (nSPS) is 14.0. The standard InChI is InChI=1S/C19H21BrN4O3.C19H21ClN4O3/c2*1-2-27-18(25)14-12-16(20)17(21-13-14)23-8-10-24(11-9-23)19(26)22-15-6-4-3-5-7-15/h2*3-7,12-13H,2,8-11H2,1H3,(H,22,26). The molecule has 14 nitrogen and oxygen atoms in total. The summed E-state index contributed by atoms with van der Waals surface area (Å²) in [6.45, 7) is 8.94. The zero-order valence-corrected chi connectivity index (χ0v) is 32.4. The average Bonchev–Trinajstić information content (AvgIpc) is 3.19. The van der Waals surface area contributed by atoms with Gasteiger partial charge in [0.05, 0.1) is 33.8 Å². The molecule has 16 heteroatoms. The number of benzene rings is 2. The maximum Gasteiger partial charge on any atom is 0.339 e. The fourth-order valence-electron chi connectivity index (χ4n) is 5.67. The van der Waals surface area contributed by atoms with Crippen LogP contribution >= 0.6 is 27.5 Å². The highest BCUT2D eigenvalue weighted by molar-refractivity contribution is 9.10. The van der Waals surface area contributed by atoms with Crippen LogP contribution in [-0.2, 0) is 9.47 Å². The van der Waals surface area contributed by atoms with Crippen LogP contribution in [0.1, 0.15) is 34.6 Å². The molecule has 4 heterocycles. The Balaban J connectivity index is 0.000000208. The van der Waals surface area contributed by atoms with Crippen molar-refractivity contribution in [3.8, 4) is 0 Å². The quantitative estimate of drug-likeness (QED) is 0.185. The number of piperazine rings is 2. The molecule has 0 bridgehead atoms. The molecule has 0 saturated carbocycles. The number of aromatic nitrogens is 2. The molecule has 54 heavy (non-hydrogen) atoms. The third kappa shape index (κ3) is 10.8.